The fourth-order valence-electron chi connectivity index (χ4n) is 2.24. The zero-order valence-corrected chi connectivity index (χ0v) is 15.3. The Morgan fingerprint density at radius 2 is 1.14 bits per heavy atom. The average Bonchev–Trinajstić information content (AvgIpc) is 2.42. The van der Waals surface area contributed by atoms with Crippen LogP contribution in [0, 0.1) is 11.8 Å². The summed E-state index contributed by atoms with van der Waals surface area (Å²) in [6.45, 7) is 7.04. The lowest BCUT2D eigenvalue weighted by molar-refractivity contribution is 0.188. The van der Waals surface area contributed by atoms with Gasteiger partial charge in [-0.05, 0) is 11.8 Å². The SMILES string of the molecule is CCCCCCCCCCCC(C)C(C)CO.O=S(=O)(O)O. The largest absolute Gasteiger partial charge is 0.396 e. The summed E-state index contributed by atoms with van der Waals surface area (Å²) < 4.78 is 31.6. The van der Waals surface area contributed by atoms with Gasteiger partial charge in [-0.3, -0.25) is 9.11 Å². The monoisotopic (exact) mass is 340 g/mol. The summed E-state index contributed by atoms with van der Waals surface area (Å²) in [5.74, 6) is 1.16. The van der Waals surface area contributed by atoms with Gasteiger partial charge in [0.15, 0.2) is 0 Å². The van der Waals surface area contributed by atoms with Gasteiger partial charge >= 0.3 is 10.4 Å². The fraction of sp³-hybridized carbons (Fsp3) is 1.00. The zero-order chi connectivity index (χ0) is 17.4. The molecule has 3 N–H and O–H groups in total. The van der Waals surface area contributed by atoms with Crippen LogP contribution >= 0.6 is 0 Å². The molecule has 0 bridgehead atoms. The van der Waals surface area contributed by atoms with E-state index in [-0.39, 0.29) is 0 Å². The van der Waals surface area contributed by atoms with Gasteiger partial charge in [0.05, 0.1) is 0 Å². The summed E-state index contributed by atoms with van der Waals surface area (Å²) in [5.41, 5.74) is 0. The van der Waals surface area contributed by atoms with Gasteiger partial charge < -0.3 is 5.11 Å². The first-order valence-corrected chi connectivity index (χ1v) is 9.92. The van der Waals surface area contributed by atoms with Crippen molar-refractivity contribution in [3.05, 3.63) is 0 Å². The van der Waals surface area contributed by atoms with Gasteiger partial charge in [0.25, 0.3) is 0 Å². The van der Waals surface area contributed by atoms with Crippen LogP contribution in [0.4, 0.5) is 0 Å². The molecular formula is C16H36O5S. The number of hydrogen-bond donors (Lipinski definition) is 3. The summed E-state index contributed by atoms with van der Waals surface area (Å²) >= 11 is 0. The van der Waals surface area contributed by atoms with Gasteiger partial charge in [0.1, 0.15) is 0 Å². The molecule has 22 heavy (non-hydrogen) atoms. The van der Waals surface area contributed by atoms with Crippen LogP contribution in [0.2, 0.25) is 0 Å². The summed E-state index contributed by atoms with van der Waals surface area (Å²) in [6, 6.07) is 0. The Morgan fingerprint density at radius 3 is 1.50 bits per heavy atom. The van der Waals surface area contributed by atoms with E-state index in [9.17, 15) is 0 Å². The molecule has 0 aromatic carbocycles. The van der Waals surface area contributed by atoms with E-state index in [2.05, 4.69) is 20.8 Å². The maximum atomic E-state index is 9.05. The number of unbranched alkanes of at least 4 members (excludes halogenated alkanes) is 8. The lowest BCUT2D eigenvalue weighted by Gasteiger charge is -2.17. The third-order valence-electron chi connectivity index (χ3n) is 4.02. The van der Waals surface area contributed by atoms with Gasteiger partial charge in [0, 0.05) is 6.61 Å². The molecular weight excluding hydrogens is 304 g/mol. The molecule has 2 atom stereocenters. The quantitative estimate of drug-likeness (QED) is 0.359. The van der Waals surface area contributed by atoms with Gasteiger partial charge in [-0.25, -0.2) is 0 Å². The second-order valence-corrected chi connectivity index (χ2v) is 7.10. The Bertz CT molecular complexity index is 308. The predicted octanol–water partition coefficient (Wildman–Crippen LogP) is 4.52. The van der Waals surface area contributed by atoms with Crippen LogP contribution in [0.3, 0.4) is 0 Å². The smallest absolute Gasteiger partial charge is 0.394 e. The third-order valence-corrected chi connectivity index (χ3v) is 4.02. The van der Waals surface area contributed by atoms with Crippen molar-refractivity contribution in [2.24, 2.45) is 11.8 Å². The van der Waals surface area contributed by atoms with Gasteiger partial charge in [0.2, 0.25) is 0 Å². The van der Waals surface area contributed by atoms with E-state index in [1.54, 1.807) is 0 Å². The van der Waals surface area contributed by atoms with Crippen molar-refractivity contribution in [3.8, 4) is 0 Å². The molecule has 0 aliphatic rings. The molecule has 0 amide bonds. The lowest BCUT2D eigenvalue weighted by atomic mass is 9.91. The van der Waals surface area contributed by atoms with Gasteiger partial charge in [-0.15, -0.1) is 0 Å². The molecule has 0 saturated heterocycles. The number of rotatable bonds is 12. The van der Waals surface area contributed by atoms with E-state index in [4.69, 9.17) is 22.6 Å². The Morgan fingerprint density at radius 1 is 0.773 bits per heavy atom. The van der Waals surface area contributed by atoms with E-state index in [0.717, 1.165) is 0 Å². The second kappa shape index (κ2) is 15.7. The zero-order valence-electron chi connectivity index (χ0n) is 14.5. The van der Waals surface area contributed by atoms with Crippen molar-refractivity contribution >= 4 is 10.4 Å². The molecule has 0 aromatic rings. The minimum Gasteiger partial charge on any atom is -0.396 e. The molecule has 0 radical (unpaired) electrons. The van der Waals surface area contributed by atoms with E-state index in [1.165, 1.54) is 64.2 Å². The Kier molecular flexibility index (Phi) is 17.2. The highest BCUT2D eigenvalue weighted by Crippen LogP contribution is 2.18. The Labute approximate surface area is 137 Å². The summed E-state index contributed by atoms with van der Waals surface area (Å²) in [6.07, 6.45) is 13.9. The highest BCUT2D eigenvalue weighted by atomic mass is 32.3. The van der Waals surface area contributed by atoms with Crippen LogP contribution in [0.5, 0.6) is 0 Å². The van der Waals surface area contributed by atoms with Crippen molar-refractivity contribution in [2.45, 2.75) is 85.0 Å². The highest BCUT2D eigenvalue weighted by molar-refractivity contribution is 7.79. The van der Waals surface area contributed by atoms with Gasteiger partial charge in [-0.2, -0.15) is 8.42 Å². The minimum atomic E-state index is -4.67. The van der Waals surface area contributed by atoms with E-state index >= 15 is 0 Å². The molecule has 0 heterocycles. The van der Waals surface area contributed by atoms with E-state index < -0.39 is 10.4 Å². The van der Waals surface area contributed by atoms with Crippen LogP contribution in [0.15, 0.2) is 0 Å². The van der Waals surface area contributed by atoms with Crippen LogP contribution in [-0.4, -0.2) is 29.2 Å². The Balaban J connectivity index is 0. The Hall–Kier alpha value is -0.170. The summed E-state index contributed by atoms with van der Waals surface area (Å²) in [4.78, 5) is 0. The topological polar surface area (TPSA) is 94.8 Å². The lowest BCUT2D eigenvalue weighted by Crippen LogP contribution is -2.11. The molecule has 0 rings (SSSR count). The number of hydrogen-bond acceptors (Lipinski definition) is 3. The first-order valence-electron chi connectivity index (χ1n) is 8.53. The number of aliphatic hydroxyl groups excluding tert-OH is 1. The van der Waals surface area contributed by atoms with Crippen molar-refractivity contribution in [2.75, 3.05) is 6.61 Å². The molecule has 0 aromatic heterocycles. The molecule has 2 unspecified atom stereocenters. The standard InChI is InChI=1S/C16H34O.H2O4S/c1-4-5-6-7-8-9-10-11-12-13-15(2)16(3)14-17;1-5(2,3)4/h15-17H,4-14H2,1-3H3;(H2,1,2,3,4). The van der Waals surface area contributed by atoms with Crippen LogP contribution in [0.25, 0.3) is 0 Å². The summed E-state index contributed by atoms with van der Waals surface area (Å²) in [7, 11) is -4.67. The van der Waals surface area contributed by atoms with E-state index in [0.29, 0.717) is 18.4 Å². The van der Waals surface area contributed by atoms with Gasteiger partial charge in [-0.1, -0.05) is 85.0 Å². The number of aliphatic hydroxyl groups is 1. The van der Waals surface area contributed by atoms with Crippen molar-refractivity contribution in [3.63, 3.8) is 0 Å². The second-order valence-electron chi connectivity index (χ2n) is 6.20. The maximum Gasteiger partial charge on any atom is 0.394 e. The molecule has 0 fully saturated rings. The first kappa shape index (κ1) is 24.1. The molecule has 0 aliphatic heterocycles. The molecule has 136 valence electrons. The normalized spacial score (nSPS) is 14.1. The molecule has 0 spiro atoms. The molecule has 0 aliphatic carbocycles. The molecule has 0 saturated carbocycles. The van der Waals surface area contributed by atoms with Crippen molar-refractivity contribution in [1.82, 2.24) is 0 Å². The van der Waals surface area contributed by atoms with E-state index in [1.807, 2.05) is 0 Å². The predicted molar refractivity (Wildman–Crippen MR) is 91.4 cm³/mol. The highest BCUT2D eigenvalue weighted by Gasteiger charge is 2.09. The first-order chi connectivity index (χ1) is 10.2. The summed E-state index contributed by atoms with van der Waals surface area (Å²) in [5, 5.41) is 9.05. The molecule has 5 nitrogen and oxygen atoms in total. The average molecular weight is 341 g/mol. The third kappa shape index (κ3) is 24.8. The fourth-order valence-corrected chi connectivity index (χ4v) is 2.24. The van der Waals surface area contributed by atoms with Crippen LogP contribution < -0.4 is 0 Å². The maximum absolute atomic E-state index is 9.05. The van der Waals surface area contributed by atoms with Crippen LogP contribution in [0.1, 0.15) is 85.0 Å². The van der Waals surface area contributed by atoms with Crippen molar-refractivity contribution in [1.29, 1.82) is 0 Å². The van der Waals surface area contributed by atoms with Crippen molar-refractivity contribution < 1.29 is 22.6 Å². The van der Waals surface area contributed by atoms with Crippen LogP contribution in [-0.2, 0) is 10.4 Å². The minimum absolute atomic E-state index is 0.346. The molecule has 6 heteroatoms.